The predicted octanol–water partition coefficient (Wildman–Crippen LogP) is 7.19. The van der Waals surface area contributed by atoms with Crippen molar-refractivity contribution in [3.8, 4) is 11.5 Å². The minimum atomic E-state index is -0.278. The zero-order valence-electron chi connectivity index (χ0n) is 21.5. The predicted molar refractivity (Wildman–Crippen MR) is 149 cm³/mol. The molecule has 0 atom stereocenters. The summed E-state index contributed by atoms with van der Waals surface area (Å²) in [6.45, 7) is 3.63. The van der Waals surface area contributed by atoms with Crippen LogP contribution in [0.1, 0.15) is 30.4 Å². The number of nitrogens with zero attached hydrogens (tertiary/aromatic N) is 2. The van der Waals surface area contributed by atoms with E-state index in [0.717, 1.165) is 65.6 Å². The summed E-state index contributed by atoms with van der Waals surface area (Å²) in [4.78, 5) is 3.34. The highest BCUT2D eigenvalue weighted by molar-refractivity contribution is 7.97. The summed E-state index contributed by atoms with van der Waals surface area (Å²) < 4.78 is 41.5. The van der Waals surface area contributed by atoms with E-state index in [0.29, 0.717) is 25.3 Å². The molecule has 1 saturated heterocycles. The van der Waals surface area contributed by atoms with Crippen molar-refractivity contribution in [1.29, 1.82) is 5.53 Å². The number of rotatable bonds is 9. The van der Waals surface area contributed by atoms with Crippen LogP contribution in [-0.4, -0.2) is 37.7 Å². The van der Waals surface area contributed by atoms with Crippen molar-refractivity contribution in [2.75, 3.05) is 32.8 Å². The van der Waals surface area contributed by atoms with E-state index in [2.05, 4.69) is 14.7 Å². The molecule has 0 spiro atoms. The van der Waals surface area contributed by atoms with Crippen molar-refractivity contribution in [3.63, 3.8) is 0 Å². The maximum atomic E-state index is 13.6. The Balaban J connectivity index is 1.18. The van der Waals surface area contributed by atoms with E-state index in [1.54, 1.807) is 30.5 Å². The van der Waals surface area contributed by atoms with Gasteiger partial charge in [0.1, 0.15) is 24.8 Å². The molecule has 9 heteroatoms. The van der Waals surface area contributed by atoms with Gasteiger partial charge in [-0.2, -0.15) is 5.11 Å². The van der Waals surface area contributed by atoms with Crippen molar-refractivity contribution in [3.05, 3.63) is 107 Å². The SMILES string of the molecule is N=N/C(=C\NSc1ccc2c(c1)OCCO2)CCN1CCC(=C(c2ccc(F)cc2)c2ccc(F)cc2)CC1. The van der Waals surface area contributed by atoms with Crippen molar-refractivity contribution >= 4 is 17.5 Å². The summed E-state index contributed by atoms with van der Waals surface area (Å²) in [5.74, 6) is 0.938. The van der Waals surface area contributed by atoms with Crippen LogP contribution >= 0.6 is 11.9 Å². The molecule has 3 aromatic carbocycles. The van der Waals surface area contributed by atoms with Crippen LogP contribution in [0.15, 0.2) is 94.2 Å². The van der Waals surface area contributed by atoms with Crippen LogP contribution < -0.4 is 14.2 Å². The molecule has 39 heavy (non-hydrogen) atoms. The Morgan fingerprint density at radius 2 is 1.51 bits per heavy atom. The van der Waals surface area contributed by atoms with E-state index in [1.165, 1.54) is 41.8 Å². The zero-order chi connectivity index (χ0) is 27.0. The molecule has 0 aromatic heterocycles. The molecule has 2 heterocycles. The molecule has 6 nitrogen and oxygen atoms in total. The average molecular weight is 549 g/mol. The highest BCUT2D eigenvalue weighted by Gasteiger charge is 2.19. The maximum Gasteiger partial charge on any atom is 0.162 e. The normalized spacial score (nSPS) is 15.6. The molecule has 1 fully saturated rings. The van der Waals surface area contributed by atoms with E-state index in [4.69, 9.17) is 15.0 Å². The lowest BCUT2D eigenvalue weighted by molar-refractivity contribution is 0.171. The highest BCUT2D eigenvalue weighted by atomic mass is 32.2. The molecule has 5 rings (SSSR count). The van der Waals surface area contributed by atoms with Gasteiger partial charge in [-0.25, -0.2) is 14.3 Å². The fourth-order valence-electron chi connectivity index (χ4n) is 4.79. The lowest BCUT2D eigenvalue weighted by Crippen LogP contribution is -2.32. The molecule has 2 N–H and O–H groups in total. The molecule has 2 aliphatic rings. The summed E-state index contributed by atoms with van der Waals surface area (Å²) >= 11 is 1.43. The van der Waals surface area contributed by atoms with E-state index in [-0.39, 0.29) is 11.6 Å². The number of halogens is 2. The smallest absolute Gasteiger partial charge is 0.162 e. The standard InChI is InChI=1S/C30H30F2N4O2S/c31-24-5-1-21(2-6-24)30(22-3-7-25(32)8-4-22)23-11-14-36(15-12-23)16-13-26(35-33)20-34-39-27-9-10-28-29(19-27)38-18-17-37-28/h1-10,19-20,33-34H,11-18H2/b26-20-,35-33?. The summed E-state index contributed by atoms with van der Waals surface area (Å²) in [6.07, 6.45) is 4.14. The highest BCUT2D eigenvalue weighted by Crippen LogP contribution is 2.34. The first-order valence-corrected chi connectivity index (χ1v) is 13.8. The van der Waals surface area contributed by atoms with E-state index >= 15 is 0 Å². The number of benzene rings is 3. The lowest BCUT2D eigenvalue weighted by atomic mass is 9.88. The maximum absolute atomic E-state index is 13.6. The van der Waals surface area contributed by atoms with E-state index < -0.39 is 0 Å². The van der Waals surface area contributed by atoms with Crippen LogP contribution in [0, 0.1) is 17.2 Å². The Bertz CT molecular complexity index is 1300. The zero-order valence-corrected chi connectivity index (χ0v) is 22.3. The number of piperidine rings is 1. The average Bonchev–Trinajstić information content (AvgIpc) is 2.97. The van der Waals surface area contributed by atoms with Gasteiger partial charge in [0.2, 0.25) is 0 Å². The Morgan fingerprint density at radius 3 is 2.13 bits per heavy atom. The van der Waals surface area contributed by atoms with Crippen LogP contribution in [0.5, 0.6) is 11.5 Å². The van der Waals surface area contributed by atoms with E-state index in [1.807, 2.05) is 18.2 Å². The molecule has 0 radical (unpaired) electrons. The first-order valence-electron chi connectivity index (χ1n) is 12.9. The van der Waals surface area contributed by atoms with E-state index in [9.17, 15) is 8.78 Å². The molecule has 3 aromatic rings. The second-order valence-electron chi connectivity index (χ2n) is 9.36. The fraction of sp³-hybridized carbons (Fsp3) is 0.267. The van der Waals surface area contributed by atoms with Gasteiger partial charge in [0.25, 0.3) is 0 Å². The monoisotopic (exact) mass is 548 g/mol. The molecule has 202 valence electrons. The van der Waals surface area contributed by atoms with Gasteiger partial charge in [0.15, 0.2) is 11.5 Å². The van der Waals surface area contributed by atoms with Crippen LogP contribution in [-0.2, 0) is 0 Å². The van der Waals surface area contributed by atoms with Crippen molar-refractivity contribution < 1.29 is 18.3 Å². The number of ether oxygens (including phenoxy) is 2. The third-order valence-corrected chi connectivity index (χ3v) is 7.55. The van der Waals surface area contributed by atoms with Gasteiger partial charge in [-0.3, -0.25) is 0 Å². The third kappa shape index (κ3) is 7.04. The van der Waals surface area contributed by atoms with Crippen LogP contribution in [0.25, 0.3) is 5.57 Å². The summed E-state index contributed by atoms with van der Waals surface area (Å²) in [5, 5.41) is 3.70. The first-order chi connectivity index (χ1) is 19.1. The number of fused-ring (bicyclic) bond motifs is 1. The molecular weight excluding hydrogens is 518 g/mol. The number of hydrogen-bond acceptors (Lipinski definition) is 7. The summed E-state index contributed by atoms with van der Waals surface area (Å²) in [6, 6.07) is 18.8. The molecular formula is C30H30F2N4O2S. The number of likely N-dealkylation sites (tertiary alicyclic amines) is 1. The van der Waals surface area contributed by atoms with Crippen LogP contribution in [0.2, 0.25) is 0 Å². The minimum absolute atomic E-state index is 0.278. The van der Waals surface area contributed by atoms with Crippen LogP contribution in [0.3, 0.4) is 0 Å². The topological polar surface area (TPSA) is 69.9 Å². The fourth-order valence-corrected chi connectivity index (χ4v) is 5.42. The second-order valence-corrected chi connectivity index (χ2v) is 10.3. The molecule has 2 aliphatic heterocycles. The quantitative estimate of drug-likeness (QED) is 0.219. The summed E-state index contributed by atoms with van der Waals surface area (Å²) in [7, 11) is 0. The molecule has 0 amide bonds. The van der Waals surface area contributed by atoms with Gasteiger partial charge in [0.05, 0.1) is 5.70 Å². The number of hydrogen-bond donors (Lipinski definition) is 2. The Hall–Kier alpha value is -3.69. The van der Waals surface area contributed by atoms with Crippen LogP contribution in [0.4, 0.5) is 8.78 Å². The van der Waals surface area contributed by atoms with Crippen molar-refractivity contribution in [2.24, 2.45) is 5.11 Å². The largest absolute Gasteiger partial charge is 0.486 e. The van der Waals surface area contributed by atoms with Gasteiger partial charge in [-0.1, -0.05) is 29.8 Å². The van der Waals surface area contributed by atoms with Gasteiger partial charge in [-0.15, -0.1) is 0 Å². The Kier molecular flexibility index (Phi) is 8.90. The van der Waals surface area contributed by atoms with Gasteiger partial charge in [-0.05, 0) is 84.0 Å². The molecule has 0 bridgehead atoms. The van der Waals surface area contributed by atoms with Gasteiger partial charge < -0.3 is 19.1 Å². The molecule has 0 saturated carbocycles. The molecule has 0 aliphatic carbocycles. The minimum Gasteiger partial charge on any atom is -0.486 e. The molecule has 0 unspecified atom stereocenters. The van der Waals surface area contributed by atoms with Crippen molar-refractivity contribution in [1.82, 2.24) is 9.62 Å². The summed E-state index contributed by atoms with van der Waals surface area (Å²) in [5.41, 5.74) is 12.5. The van der Waals surface area contributed by atoms with Gasteiger partial charge in [0, 0.05) is 37.2 Å². The lowest BCUT2D eigenvalue weighted by Gasteiger charge is -2.30. The second kappa shape index (κ2) is 12.9. The van der Waals surface area contributed by atoms with Crippen molar-refractivity contribution in [2.45, 2.75) is 24.2 Å². The Morgan fingerprint density at radius 1 is 0.897 bits per heavy atom. The first kappa shape index (κ1) is 26.9. The van der Waals surface area contributed by atoms with Gasteiger partial charge >= 0.3 is 0 Å². The number of nitrogens with one attached hydrogen (secondary N) is 2. The Labute approximate surface area is 231 Å². The third-order valence-electron chi connectivity index (χ3n) is 6.82.